The number of hydrogen-bond donors (Lipinski definition) is 2. The third-order valence-corrected chi connectivity index (χ3v) is 3.58. The number of hydrogen-bond acceptors (Lipinski definition) is 2. The van der Waals surface area contributed by atoms with E-state index in [-0.39, 0.29) is 23.1 Å². The molecule has 1 amide bonds. The second kappa shape index (κ2) is 5.41. The molecule has 3 nitrogen and oxygen atoms in total. The molecule has 92 valence electrons. The van der Waals surface area contributed by atoms with Crippen LogP contribution in [0, 0.1) is 0 Å². The summed E-state index contributed by atoms with van der Waals surface area (Å²) in [7, 11) is 0. The molecule has 1 saturated carbocycles. The molecule has 0 aromatic heterocycles. The van der Waals surface area contributed by atoms with Gasteiger partial charge in [-0.2, -0.15) is 0 Å². The topological polar surface area (TPSA) is 49.3 Å². The number of amides is 1. The molecule has 2 N–H and O–H groups in total. The SMILES string of the molecule is O=C(NC1CCC(Cl)CC1)c1ccccc1O. The molecule has 0 bridgehead atoms. The van der Waals surface area contributed by atoms with Gasteiger partial charge in [0.25, 0.3) is 5.91 Å². The number of alkyl halides is 1. The zero-order valence-corrected chi connectivity index (χ0v) is 10.3. The van der Waals surface area contributed by atoms with Gasteiger partial charge in [0.1, 0.15) is 5.75 Å². The van der Waals surface area contributed by atoms with Gasteiger partial charge in [0.2, 0.25) is 0 Å². The predicted octanol–water partition coefficient (Wildman–Crippen LogP) is 2.67. The van der Waals surface area contributed by atoms with Gasteiger partial charge in [0.15, 0.2) is 0 Å². The van der Waals surface area contributed by atoms with E-state index < -0.39 is 0 Å². The first kappa shape index (κ1) is 12.2. The second-order valence-electron chi connectivity index (χ2n) is 4.44. The van der Waals surface area contributed by atoms with Crippen molar-refractivity contribution in [2.24, 2.45) is 0 Å². The van der Waals surface area contributed by atoms with Gasteiger partial charge in [0.05, 0.1) is 5.56 Å². The zero-order valence-electron chi connectivity index (χ0n) is 9.53. The molecule has 1 aliphatic rings. The predicted molar refractivity (Wildman–Crippen MR) is 67.5 cm³/mol. The van der Waals surface area contributed by atoms with Gasteiger partial charge in [-0.3, -0.25) is 4.79 Å². The number of phenolic OH excluding ortho intramolecular Hbond substituents is 1. The fourth-order valence-electron chi connectivity index (χ4n) is 2.13. The number of carbonyl (C=O) groups excluding carboxylic acids is 1. The lowest BCUT2D eigenvalue weighted by molar-refractivity contribution is 0.0925. The summed E-state index contributed by atoms with van der Waals surface area (Å²) in [6, 6.07) is 6.76. The standard InChI is InChI=1S/C13H16ClNO2/c14-9-5-7-10(8-6-9)15-13(17)11-3-1-2-4-12(11)16/h1-4,9-10,16H,5-8H2,(H,15,17). The minimum absolute atomic E-state index is 0.0241. The number of carbonyl (C=O) groups is 1. The number of nitrogens with one attached hydrogen (secondary N) is 1. The molecule has 17 heavy (non-hydrogen) atoms. The van der Waals surface area contributed by atoms with Gasteiger partial charge in [0, 0.05) is 11.4 Å². The van der Waals surface area contributed by atoms with Crippen molar-refractivity contribution in [2.75, 3.05) is 0 Å². The monoisotopic (exact) mass is 253 g/mol. The minimum atomic E-state index is -0.207. The van der Waals surface area contributed by atoms with Crippen molar-refractivity contribution < 1.29 is 9.90 Å². The van der Waals surface area contributed by atoms with Crippen molar-refractivity contribution in [2.45, 2.75) is 37.1 Å². The highest BCUT2D eigenvalue weighted by atomic mass is 35.5. The van der Waals surface area contributed by atoms with Crippen LogP contribution < -0.4 is 5.32 Å². The lowest BCUT2D eigenvalue weighted by Gasteiger charge is -2.25. The summed E-state index contributed by atoms with van der Waals surface area (Å²) >= 11 is 6.01. The maximum absolute atomic E-state index is 11.9. The van der Waals surface area contributed by atoms with Gasteiger partial charge in [-0.1, -0.05) is 12.1 Å². The van der Waals surface area contributed by atoms with E-state index in [2.05, 4.69) is 5.32 Å². The van der Waals surface area contributed by atoms with E-state index in [1.54, 1.807) is 18.2 Å². The molecule has 1 fully saturated rings. The van der Waals surface area contributed by atoms with Gasteiger partial charge >= 0.3 is 0 Å². The fourth-order valence-corrected chi connectivity index (χ4v) is 2.38. The van der Waals surface area contributed by atoms with Crippen LogP contribution in [0.3, 0.4) is 0 Å². The molecule has 0 radical (unpaired) electrons. The highest BCUT2D eigenvalue weighted by Crippen LogP contribution is 2.23. The highest BCUT2D eigenvalue weighted by Gasteiger charge is 2.22. The van der Waals surface area contributed by atoms with Crippen LogP contribution in [0.2, 0.25) is 0 Å². The van der Waals surface area contributed by atoms with Crippen LogP contribution in [0.1, 0.15) is 36.0 Å². The number of rotatable bonds is 2. The lowest BCUT2D eigenvalue weighted by atomic mass is 9.95. The van der Waals surface area contributed by atoms with E-state index in [1.165, 1.54) is 6.07 Å². The first-order chi connectivity index (χ1) is 8.16. The molecule has 2 rings (SSSR count). The maximum Gasteiger partial charge on any atom is 0.255 e. The van der Waals surface area contributed by atoms with E-state index in [1.807, 2.05) is 0 Å². The summed E-state index contributed by atoms with van der Waals surface area (Å²) in [5, 5.41) is 12.8. The average Bonchev–Trinajstić information content (AvgIpc) is 2.32. The number of halogens is 1. The van der Waals surface area contributed by atoms with Crippen molar-refractivity contribution in [1.82, 2.24) is 5.32 Å². The van der Waals surface area contributed by atoms with Crippen LogP contribution in [0.5, 0.6) is 5.75 Å². The van der Waals surface area contributed by atoms with Crippen molar-refractivity contribution in [3.63, 3.8) is 0 Å². The fraction of sp³-hybridized carbons (Fsp3) is 0.462. The average molecular weight is 254 g/mol. The van der Waals surface area contributed by atoms with Crippen molar-refractivity contribution >= 4 is 17.5 Å². The number of phenols is 1. The summed E-state index contributed by atoms with van der Waals surface area (Å²) in [6.07, 6.45) is 3.70. The van der Waals surface area contributed by atoms with Crippen molar-refractivity contribution in [3.8, 4) is 5.75 Å². The van der Waals surface area contributed by atoms with Crippen LogP contribution in [0.25, 0.3) is 0 Å². The minimum Gasteiger partial charge on any atom is -0.507 e. The summed E-state index contributed by atoms with van der Waals surface area (Å²) < 4.78 is 0. The summed E-state index contributed by atoms with van der Waals surface area (Å²) in [6.45, 7) is 0. The van der Waals surface area contributed by atoms with Gasteiger partial charge in [-0.15, -0.1) is 11.6 Å². The molecule has 0 atom stereocenters. The molecule has 0 heterocycles. The molecular formula is C13H16ClNO2. The van der Waals surface area contributed by atoms with Crippen molar-refractivity contribution in [1.29, 1.82) is 0 Å². The first-order valence-corrected chi connectivity index (χ1v) is 6.33. The highest BCUT2D eigenvalue weighted by molar-refractivity contribution is 6.20. The Morgan fingerprint density at radius 2 is 1.88 bits per heavy atom. The second-order valence-corrected chi connectivity index (χ2v) is 5.06. The Bertz CT molecular complexity index is 400. The van der Waals surface area contributed by atoms with Gasteiger partial charge in [-0.05, 0) is 37.8 Å². The number of benzene rings is 1. The van der Waals surface area contributed by atoms with E-state index in [4.69, 9.17) is 11.6 Å². The molecule has 0 saturated heterocycles. The molecule has 1 aromatic carbocycles. The van der Waals surface area contributed by atoms with Crippen molar-refractivity contribution in [3.05, 3.63) is 29.8 Å². The Morgan fingerprint density at radius 3 is 2.53 bits per heavy atom. The Balaban J connectivity index is 1.96. The van der Waals surface area contributed by atoms with E-state index in [9.17, 15) is 9.90 Å². The zero-order chi connectivity index (χ0) is 12.3. The third-order valence-electron chi connectivity index (χ3n) is 3.14. The van der Waals surface area contributed by atoms with Gasteiger partial charge in [-0.25, -0.2) is 0 Å². The largest absolute Gasteiger partial charge is 0.507 e. The number of aromatic hydroxyl groups is 1. The number of para-hydroxylation sites is 1. The normalized spacial score (nSPS) is 24.3. The van der Waals surface area contributed by atoms with Crippen LogP contribution in [0.4, 0.5) is 0 Å². The van der Waals surface area contributed by atoms with E-state index >= 15 is 0 Å². The Hall–Kier alpha value is -1.22. The Kier molecular flexibility index (Phi) is 3.89. The molecule has 0 spiro atoms. The van der Waals surface area contributed by atoms with Crippen LogP contribution in [0.15, 0.2) is 24.3 Å². The molecule has 0 unspecified atom stereocenters. The summed E-state index contributed by atoms with van der Waals surface area (Å²) in [5.74, 6) is -0.183. The summed E-state index contributed by atoms with van der Waals surface area (Å²) in [5.41, 5.74) is 0.334. The van der Waals surface area contributed by atoms with Crippen LogP contribution in [-0.2, 0) is 0 Å². The van der Waals surface area contributed by atoms with E-state index in [0.29, 0.717) is 5.56 Å². The van der Waals surface area contributed by atoms with Gasteiger partial charge < -0.3 is 10.4 Å². The lowest BCUT2D eigenvalue weighted by Crippen LogP contribution is -2.37. The quantitative estimate of drug-likeness (QED) is 0.796. The Morgan fingerprint density at radius 1 is 1.24 bits per heavy atom. The molecular weight excluding hydrogens is 238 g/mol. The van der Waals surface area contributed by atoms with Crippen LogP contribution >= 0.6 is 11.6 Å². The Labute approximate surface area is 106 Å². The third kappa shape index (κ3) is 3.13. The molecule has 1 aromatic rings. The first-order valence-electron chi connectivity index (χ1n) is 5.89. The van der Waals surface area contributed by atoms with E-state index in [0.717, 1.165) is 25.7 Å². The molecule has 0 aliphatic heterocycles. The summed E-state index contributed by atoms with van der Waals surface area (Å²) in [4.78, 5) is 11.9. The molecule has 4 heteroatoms. The maximum atomic E-state index is 11.9. The smallest absolute Gasteiger partial charge is 0.255 e. The molecule has 1 aliphatic carbocycles. The van der Waals surface area contributed by atoms with Crippen LogP contribution in [-0.4, -0.2) is 22.4 Å².